The summed E-state index contributed by atoms with van der Waals surface area (Å²) in [6, 6.07) is 6.39. The lowest BCUT2D eigenvalue weighted by molar-refractivity contribution is 1.13. The molecule has 1 heterocycles. The number of hydrogen-bond acceptors (Lipinski definition) is 1. The highest BCUT2D eigenvalue weighted by Gasteiger charge is 2.06. The molecule has 0 N–H and O–H groups in total. The van der Waals surface area contributed by atoms with Gasteiger partial charge in [-0.1, -0.05) is 13.0 Å². The Morgan fingerprint density at radius 1 is 1.43 bits per heavy atom. The lowest BCUT2D eigenvalue weighted by Crippen LogP contribution is -1.93. The lowest BCUT2D eigenvalue weighted by Gasteiger charge is -2.08. The molecule has 0 saturated carbocycles. The molecule has 2 heteroatoms. The van der Waals surface area contributed by atoms with Crippen LogP contribution in [0, 0.1) is 10.5 Å². The Hall–Kier alpha value is -0.640. The van der Waals surface area contributed by atoms with Gasteiger partial charge >= 0.3 is 0 Å². The average Bonchev–Trinajstić information content (AvgIpc) is 2.18. The first-order valence-electron chi connectivity index (χ1n) is 4.76. The van der Waals surface area contributed by atoms with Crippen molar-refractivity contribution in [3.8, 4) is 0 Å². The molecule has 1 aromatic carbocycles. The highest BCUT2D eigenvalue weighted by atomic mass is 127. The van der Waals surface area contributed by atoms with Crippen LogP contribution in [0.5, 0.6) is 0 Å². The molecule has 0 bridgehead atoms. The van der Waals surface area contributed by atoms with E-state index in [9.17, 15) is 0 Å². The van der Waals surface area contributed by atoms with Crippen LogP contribution in [0.4, 0.5) is 0 Å². The fraction of sp³-hybridized carbons (Fsp3) is 0.250. The van der Waals surface area contributed by atoms with Crippen LogP contribution in [0.1, 0.15) is 18.1 Å². The number of aromatic nitrogens is 1. The Bertz CT molecular complexity index is 477. The second kappa shape index (κ2) is 3.85. The molecule has 0 spiro atoms. The van der Waals surface area contributed by atoms with Crippen LogP contribution in [-0.2, 0) is 6.42 Å². The molecule has 0 atom stereocenters. The van der Waals surface area contributed by atoms with Crippen molar-refractivity contribution in [3.05, 3.63) is 39.1 Å². The van der Waals surface area contributed by atoms with Gasteiger partial charge in [0.2, 0.25) is 0 Å². The Morgan fingerprint density at radius 3 is 2.93 bits per heavy atom. The normalized spacial score (nSPS) is 10.8. The topological polar surface area (TPSA) is 12.9 Å². The van der Waals surface area contributed by atoms with Gasteiger partial charge in [-0.3, -0.25) is 4.98 Å². The zero-order chi connectivity index (χ0) is 10.1. The van der Waals surface area contributed by atoms with Crippen LogP contribution < -0.4 is 0 Å². The van der Waals surface area contributed by atoms with Gasteiger partial charge in [-0.15, -0.1) is 0 Å². The van der Waals surface area contributed by atoms with Gasteiger partial charge in [0.05, 0.1) is 5.52 Å². The van der Waals surface area contributed by atoms with Gasteiger partial charge in [-0.25, -0.2) is 0 Å². The summed E-state index contributed by atoms with van der Waals surface area (Å²) in [4.78, 5) is 4.47. The minimum absolute atomic E-state index is 1.05. The van der Waals surface area contributed by atoms with E-state index in [1.54, 1.807) is 0 Å². The highest BCUT2D eigenvalue weighted by Crippen LogP contribution is 2.25. The van der Waals surface area contributed by atoms with Crippen LogP contribution >= 0.6 is 22.6 Å². The fourth-order valence-corrected chi connectivity index (χ4v) is 2.87. The molecule has 1 nitrogen and oxygen atoms in total. The van der Waals surface area contributed by atoms with Gasteiger partial charge in [-0.05, 0) is 59.2 Å². The summed E-state index contributed by atoms with van der Waals surface area (Å²) >= 11 is 2.39. The Balaban J connectivity index is 2.90. The molecule has 0 amide bonds. The van der Waals surface area contributed by atoms with Gasteiger partial charge in [-0.2, -0.15) is 0 Å². The second-order valence-electron chi connectivity index (χ2n) is 3.41. The standard InChI is InChI=1S/C12H12IN/c1-3-9-11(13)7-8(2)10-5-4-6-14-12(9)10/h4-7H,3H2,1-2H3. The van der Waals surface area contributed by atoms with Crippen molar-refractivity contribution in [2.24, 2.45) is 0 Å². The predicted octanol–water partition coefficient (Wildman–Crippen LogP) is 3.71. The first-order chi connectivity index (χ1) is 6.74. The van der Waals surface area contributed by atoms with Crippen LogP contribution in [-0.4, -0.2) is 4.98 Å². The second-order valence-corrected chi connectivity index (χ2v) is 4.57. The van der Waals surface area contributed by atoms with E-state index in [2.05, 4.69) is 53.6 Å². The number of halogens is 1. The largest absolute Gasteiger partial charge is 0.256 e. The molecule has 2 aromatic rings. The van der Waals surface area contributed by atoms with Gasteiger partial charge in [0, 0.05) is 15.2 Å². The zero-order valence-electron chi connectivity index (χ0n) is 8.34. The maximum absolute atomic E-state index is 4.47. The molecular weight excluding hydrogens is 285 g/mol. The van der Waals surface area contributed by atoms with E-state index in [4.69, 9.17) is 0 Å². The van der Waals surface area contributed by atoms with E-state index >= 15 is 0 Å². The van der Waals surface area contributed by atoms with E-state index in [-0.39, 0.29) is 0 Å². The maximum Gasteiger partial charge on any atom is 0.0747 e. The molecule has 1 aromatic heterocycles. The zero-order valence-corrected chi connectivity index (χ0v) is 10.5. The summed E-state index contributed by atoms with van der Waals surface area (Å²) in [6.45, 7) is 4.33. The third-order valence-corrected chi connectivity index (χ3v) is 3.47. The SMILES string of the molecule is CCc1c(I)cc(C)c2cccnc12. The fourth-order valence-electron chi connectivity index (χ4n) is 1.77. The minimum Gasteiger partial charge on any atom is -0.256 e. The van der Waals surface area contributed by atoms with E-state index in [0.29, 0.717) is 0 Å². The van der Waals surface area contributed by atoms with Gasteiger partial charge in [0.1, 0.15) is 0 Å². The summed E-state index contributed by atoms with van der Waals surface area (Å²) in [7, 11) is 0. The molecular formula is C12H12IN. The number of hydrogen-bond donors (Lipinski definition) is 0. The predicted molar refractivity (Wildman–Crippen MR) is 68.6 cm³/mol. The van der Waals surface area contributed by atoms with Crippen molar-refractivity contribution in [1.29, 1.82) is 0 Å². The van der Waals surface area contributed by atoms with Gasteiger partial charge in [0.25, 0.3) is 0 Å². The summed E-state index contributed by atoms with van der Waals surface area (Å²) in [5.74, 6) is 0. The highest BCUT2D eigenvalue weighted by molar-refractivity contribution is 14.1. The molecule has 0 aliphatic heterocycles. The molecule has 0 aliphatic rings. The number of rotatable bonds is 1. The quantitative estimate of drug-likeness (QED) is 0.731. The van der Waals surface area contributed by atoms with E-state index < -0.39 is 0 Å². The number of benzene rings is 1. The third kappa shape index (κ3) is 1.52. The Kier molecular flexibility index (Phi) is 2.72. The number of nitrogens with zero attached hydrogens (tertiary/aromatic N) is 1. The first-order valence-corrected chi connectivity index (χ1v) is 5.84. The van der Waals surface area contributed by atoms with Crippen LogP contribution in [0.25, 0.3) is 10.9 Å². The summed E-state index contributed by atoms with van der Waals surface area (Å²) in [6.07, 6.45) is 2.92. The Morgan fingerprint density at radius 2 is 2.21 bits per heavy atom. The van der Waals surface area contributed by atoms with Gasteiger partial charge < -0.3 is 0 Å². The van der Waals surface area contributed by atoms with E-state index in [1.165, 1.54) is 25.6 Å². The molecule has 0 saturated heterocycles. The molecule has 0 radical (unpaired) electrons. The van der Waals surface area contributed by atoms with Crippen LogP contribution in [0.15, 0.2) is 24.4 Å². The maximum atomic E-state index is 4.47. The smallest absolute Gasteiger partial charge is 0.0747 e. The minimum atomic E-state index is 1.05. The van der Waals surface area contributed by atoms with Crippen LogP contribution in [0.2, 0.25) is 0 Å². The molecule has 14 heavy (non-hydrogen) atoms. The molecule has 0 fully saturated rings. The van der Waals surface area contributed by atoms with Crippen molar-refractivity contribution in [2.45, 2.75) is 20.3 Å². The summed E-state index contributed by atoms with van der Waals surface area (Å²) < 4.78 is 1.33. The van der Waals surface area contributed by atoms with E-state index in [0.717, 1.165) is 6.42 Å². The van der Waals surface area contributed by atoms with Crippen molar-refractivity contribution < 1.29 is 0 Å². The molecule has 2 rings (SSSR count). The van der Waals surface area contributed by atoms with Crippen LogP contribution in [0.3, 0.4) is 0 Å². The Labute approximate surface area is 97.7 Å². The summed E-state index contributed by atoms with van der Waals surface area (Å²) in [5.41, 5.74) is 3.85. The monoisotopic (exact) mass is 297 g/mol. The average molecular weight is 297 g/mol. The van der Waals surface area contributed by atoms with Crippen molar-refractivity contribution >= 4 is 33.5 Å². The van der Waals surface area contributed by atoms with Crippen molar-refractivity contribution in [2.75, 3.05) is 0 Å². The number of aryl methyl sites for hydroxylation is 2. The number of pyridine rings is 1. The third-order valence-electron chi connectivity index (χ3n) is 2.50. The number of fused-ring (bicyclic) bond motifs is 1. The lowest BCUT2D eigenvalue weighted by atomic mass is 10.0. The van der Waals surface area contributed by atoms with Crippen molar-refractivity contribution in [3.63, 3.8) is 0 Å². The molecule has 0 unspecified atom stereocenters. The molecule has 72 valence electrons. The molecule has 0 aliphatic carbocycles. The van der Waals surface area contributed by atoms with E-state index in [1.807, 2.05) is 12.3 Å². The first kappa shape index (κ1) is 9.90. The summed E-state index contributed by atoms with van der Waals surface area (Å²) in [5, 5.41) is 1.28. The van der Waals surface area contributed by atoms with Gasteiger partial charge in [0.15, 0.2) is 0 Å². The van der Waals surface area contributed by atoms with Crippen molar-refractivity contribution in [1.82, 2.24) is 4.98 Å².